The predicted octanol–water partition coefficient (Wildman–Crippen LogP) is 3.77. The van der Waals surface area contributed by atoms with E-state index in [1.165, 1.54) is 19.3 Å². The molecule has 0 heterocycles. The number of nitrogens with zero attached hydrogens (tertiary/aromatic N) is 1. The topological polar surface area (TPSA) is 67.2 Å². The van der Waals surface area contributed by atoms with Crippen molar-refractivity contribution < 1.29 is 14.3 Å². The zero-order chi connectivity index (χ0) is 16.2. The van der Waals surface area contributed by atoms with E-state index >= 15 is 0 Å². The molecule has 0 aliphatic carbocycles. The first-order valence-corrected chi connectivity index (χ1v) is 7.86. The van der Waals surface area contributed by atoms with Crippen molar-refractivity contribution in [2.24, 2.45) is 0 Å². The molecule has 0 saturated carbocycles. The lowest BCUT2D eigenvalue weighted by Crippen LogP contribution is -2.24. The fourth-order valence-corrected chi connectivity index (χ4v) is 2.17. The predicted molar refractivity (Wildman–Crippen MR) is 84.1 cm³/mol. The lowest BCUT2D eigenvalue weighted by Gasteiger charge is -2.08. The molecular weight excluding hydrogens is 278 g/mol. The smallest absolute Gasteiger partial charge is 0.376 e. The van der Waals surface area contributed by atoms with Crippen LogP contribution in [0.15, 0.2) is 30.3 Å². The summed E-state index contributed by atoms with van der Waals surface area (Å²) in [6.45, 7) is 2.40. The van der Waals surface area contributed by atoms with Crippen molar-refractivity contribution in [1.29, 1.82) is 5.26 Å². The van der Waals surface area contributed by atoms with Gasteiger partial charge in [-0.05, 0) is 12.0 Å². The van der Waals surface area contributed by atoms with Gasteiger partial charge in [-0.2, -0.15) is 5.26 Å². The van der Waals surface area contributed by atoms with Gasteiger partial charge in [0.05, 0.1) is 12.7 Å². The summed E-state index contributed by atoms with van der Waals surface area (Å²) in [7, 11) is 0. The maximum absolute atomic E-state index is 12.0. The van der Waals surface area contributed by atoms with Crippen molar-refractivity contribution in [2.75, 3.05) is 6.61 Å². The molecule has 4 heteroatoms. The molecular formula is C18H23NO3. The zero-order valence-corrected chi connectivity index (χ0v) is 13.1. The van der Waals surface area contributed by atoms with Crippen LogP contribution in [0.5, 0.6) is 0 Å². The SMILES string of the molecule is CCCCCCCCOC(=O)C(=O)C(C#N)c1ccccc1. The van der Waals surface area contributed by atoms with Crippen molar-refractivity contribution in [1.82, 2.24) is 0 Å². The number of Topliss-reactive ketones (excluding diaryl/α,β-unsaturated/α-hetero) is 1. The summed E-state index contributed by atoms with van der Waals surface area (Å²) in [4.78, 5) is 23.7. The molecule has 1 atom stereocenters. The van der Waals surface area contributed by atoms with Crippen LogP contribution in [0.25, 0.3) is 0 Å². The van der Waals surface area contributed by atoms with Crippen LogP contribution in [-0.2, 0) is 14.3 Å². The van der Waals surface area contributed by atoms with E-state index < -0.39 is 17.7 Å². The van der Waals surface area contributed by atoms with Gasteiger partial charge in [0.25, 0.3) is 5.78 Å². The molecule has 0 aliphatic heterocycles. The van der Waals surface area contributed by atoms with Gasteiger partial charge in [0.1, 0.15) is 5.92 Å². The zero-order valence-electron chi connectivity index (χ0n) is 13.1. The number of hydrogen-bond acceptors (Lipinski definition) is 4. The van der Waals surface area contributed by atoms with Gasteiger partial charge in [-0.15, -0.1) is 0 Å². The highest BCUT2D eigenvalue weighted by Gasteiger charge is 2.27. The van der Waals surface area contributed by atoms with Crippen molar-refractivity contribution in [3.05, 3.63) is 35.9 Å². The molecule has 118 valence electrons. The average molecular weight is 301 g/mol. The molecule has 1 aromatic rings. The summed E-state index contributed by atoms with van der Waals surface area (Å²) < 4.78 is 4.98. The molecule has 0 aliphatic rings. The van der Waals surface area contributed by atoms with Gasteiger partial charge in [0.2, 0.25) is 0 Å². The molecule has 1 rings (SSSR count). The highest BCUT2D eigenvalue weighted by Crippen LogP contribution is 2.16. The van der Waals surface area contributed by atoms with Gasteiger partial charge in [-0.25, -0.2) is 4.79 Å². The molecule has 0 aromatic heterocycles. The lowest BCUT2D eigenvalue weighted by atomic mass is 9.96. The van der Waals surface area contributed by atoms with E-state index in [-0.39, 0.29) is 6.61 Å². The van der Waals surface area contributed by atoms with Crippen LogP contribution in [0.1, 0.15) is 56.9 Å². The maximum atomic E-state index is 12.0. The molecule has 0 N–H and O–H groups in total. The molecule has 1 unspecified atom stereocenters. The van der Waals surface area contributed by atoms with Crippen LogP contribution in [0, 0.1) is 11.3 Å². The molecule has 0 bridgehead atoms. The highest BCUT2D eigenvalue weighted by molar-refractivity contribution is 6.36. The summed E-state index contributed by atoms with van der Waals surface area (Å²) in [6.07, 6.45) is 6.46. The number of benzene rings is 1. The van der Waals surface area contributed by atoms with Crippen LogP contribution in [0.3, 0.4) is 0 Å². The molecule has 0 saturated heterocycles. The Bertz CT molecular complexity index is 505. The standard InChI is InChI=1S/C18H23NO3/c1-2-3-4-5-6-10-13-22-18(21)17(20)16(14-19)15-11-8-7-9-12-15/h7-9,11-12,16H,2-6,10,13H2,1H3. The summed E-state index contributed by atoms with van der Waals surface area (Å²) in [5.74, 6) is -2.79. The minimum atomic E-state index is -1.08. The van der Waals surface area contributed by atoms with Crippen LogP contribution in [-0.4, -0.2) is 18.4 Å². The lowest BCUT2D eigenvalue weighted by molar-refractivity contribution is -0.154. The van der Waals surface area contributed by atoms with Crippen LogP contribution in [0.2, 0.25) is 0 Å². The molecule has 1 aromatic carbocycles. The molecule has 0 radical (unpaired) electrons. The second-order valence-electron chi connectivity index (χ2n) is 5.24. The van der Waals surface area contributed by atoms with E-state index in [0.29, 0.717) is 5.56 Å². The fourth-order valence-electron chi connectivity index (χ4n) is 2.17. The number of carbonyl (C=O) groups is 2. The number of ketones is 1. The van der Waals surface area contributed by atoms with E-state index in [9.17, 15) is 9.59 Å². The first-order valence-electron chi connectivity index (χ1n) is 7.86. The minimum absolute atomic E-state index is 0.240. The summed E-state index contributed by atoms with van der Waals surface area (Å²) >= 11 is 0. The number of esters is 1. The second kappa shape index (κ2) is 10.6. The molecule has 22 heavy (non-hydrogen) atoms. The quantitative estimate of drug-likeness (QED) is 0.375. The highest BCUT2D eigenvalue weighted by atomic mass is 16.5. The Morgan fingerprint density at radius 1 is 1.09 bits per heavy atom. The van der Waals surface area contributed by atoms with Gasteiger partial charge in [-0.1, -0.05) is 69.4 Å². The monoisotopic (exact) mass is 301 g/mol. The normalized spacial score (nSPS) is 11.5. The number of nitriles is 1. The van der Waals surface area contributed by atoms with Gasteiger partial charge in [0, 0.05) is 0 Å². The Morgan fingerprint density at radius 2 is 1.73 bits per heavy atom. The number of carbonyl (C=O) groups excluding carboxylic acids is 2. The van der Waals surface area contributed by atoms with E-state index in [1.54, 1.807) is 30.3 Å². The molecule has 0 fully saturated rings. The fraction of sp³-hybridized carbons (Fsp3) is 0.500. The Balaban J connectivity index is 2.35. The Hall–Kier alpha value is -2.15. The van der Waals surface area contributed by atoms with Crippen LogP contribution >= 0.6 is 0 Å². The molecule has 4 nitrogen and oxygen atoms in total. The Morgan fingerprint density at radius 3 is 2.36 bits per heavy atom. The van der Waals surface area contributed by atoms with Crippen molar-refractivity contribution in [2.45, 2.75) is 51.4 Å². The summed E-state index contributed by atoms with van der Waals surface area (Å²) in [5.41, 5.74) is 0.520. The number of ether oxygens (including phenoxy) is 1. The summed E-state index contributed by atoms with van der Waals surface area (Å²) in [5, 5.41) is 9.11. The number of unbranched alkanes of at least 4 members (excludes halogenated alkanes) is 5. The van der Waals surface area contributed by atoms with Gasteiger partial charge >= 0.3 is 5.97 Å². The molecule has 0 spiro atoms. The van der Waals surface area contributed by atoms with Gasteiger partial charge < -0.3 is 4.74 Å². The number of rotatable bonds is 10. The maximum Gasteiger partial charge on any atom is 0.376 e. The number of hydrogen-bond donors (Lipinski definition) is 0. The second-order valence-corrected chi connectivity index (χ2v) is 5.24. The van der Waals surface area contributed by atoms with Gasteiger partial charge in [0.15, 0.2) is 0 Å². The third-order valence-corrected chi connectivity index (χ3v) is 3.46. The van der Waals surface area contributed by atoms with E-state index in [1.807, 2.05) is 6.07 Å². The van der Waals surface area contributed by atoms with E-state index in [4.69, 9.17) is 10.00 Å². The van der Waals surface area contributed by atoms with Crippen LogP contribution < -0.4 is 0 Å². The largest absolute Gasteiger partial charge is 0.460 e. The first-order chi connectivity index (χ1) is 10.7. The molecule has 0 amide bonds. The van der Waals surface area contributed by atoms with Crippen molar-refractivity contribution >= 4 is 11.8 Å². The Kier molecular flexibility index (Phi) is 8.59. The van der Waals surface area contributed by atoms with Crippen LogP contribution in [0.4, 0.5) is 0 Å². The van der Waals surface area contributed by atoms with Crippen molar-refractivity contribution in [3.63, 3.8) is 0 Å². The third-order valence-electron chi connectivity index (χ3n) is 3.46. The van der Waals surface area contributed by atoms with Gasteiger partial charge in [-0.3, -0.25) is 4.79 Å². The van der Waals surface area contributed by atoms with Crippen molar-refractivity contribution in [3.8, 4) is 6.07 Å². The average Bonchev–Trinajstić information content (AvgIpc) is 2.55. The Labute approximate surface area is 132 Å². The van der Waals surface area contributed by atoms with E-state index in [0.717, 1.165) is 19.3 Å². The minimum Gasteiger partial charge on any atom is -0.460 e. The van der Waals surface area contributed by atoms with E-state index in [2.05, 4.69) is 6.92 Å². The third kappa shape index (κ3) is 6.09. The first kappa shape index (κ1) is 17.9. The summed E-state index contributed by atoms with van der Waals surface area (Å²) in [6, 6.07) is 10.4.